The lowest BCUT2D eigenvalue weighted by molar-refractivity contribution is -0.0518. The number of nitrogens with two attached hydrogens (primary N) is 1. The second kappa shape index (κ2) is 11.8. The van der Waals surface area contributed by atoms with E-state index >= 15 is 0 Å². The Morgan fingerprint density at radius 1 is 0.795 bits per heavy atom. The van der Waals surface area contributed by atoms with Crippen LogP contribution in [0, 0.1) is 5.92 Å². The van der Waals surface area contributed by atoms with E-state index in [0.717, 1.165) is 27.5 Å². The summed E-state index contributed by atoms with van der Waals surface area (Å²) in [5.41, 5.74) is 7.50. The van der Waals surface area contributed by atoms with E-state index in [0.29, 0.717) is 17.0 Å². The number of amides is 1. The van der Waals surface area contributed by atoms with Gasteiger partial charge in [-0.2, -0.15) is 0 Å². The van der Waals surface area contributed by atoms with E-state index in [1.54, 1.807) is 12.1 Å². The number of hydrogen-bond donors (Lipinski definition) is 2. The Labute approximate surface area is 257 Å². The monoisotopic (exact) mass is 581 g/mol. The van der Waals surface area contributed by atoms with Crippen molar-refractivity contribution >= 4 is 16.7 Å². The first-order valence-corrected chi connectivity index (χ1v) is 14.7. The molecule has 0 saturated carbocycles. The molecule has 1 atom stereocenters. The number of aliphatic hydroxyl groups is 1. The lowest BCUT2D eigenvalue weighted by Gasteiger charge is -2.37. The molecule has 0 spiro atoms. The third-order valence-corrected chi connectivity index (χ3v) is 8.50. The van der Waals surface area contributed by atoms with E-state index in [9.17, 15) is 9.90 Å². The van der Waals surface area contributed by atoms with Crippen LogP contribution in [0.15, 0.2) is 140 Å². The number of ether oxygens (including phenoxy) is 1. The second-order valence-corrected chi connectivity index (χ2v) is 11.4. The van der Waals surface area contributed by atoms with Crippen molar-refractivity contribution in [3.8, 4) is 5.75 Å². The summed E-state index contributed by atoms with van der Waals surface area (Å²) in [6, 6.07) is 42.0. The molecule has 0 bridgehead atoms. The Morgan fingerprint density at radius 2 is 1.32 bits per heavy atom. The molecule has 1 unspecified atom stereocenters. The minimum absolute atomic E-state index is 0.00155. The van der Waals surface area contributed by atoms with Crippen LogP contribution in [0.5, 0.6) is 5.75 Å². The fourth-order valence-corrected chi connectivity index (χ4v) is 5.91. The maximum atomic E-state index is 12.2. The molecule has 220 valence electrons. The molecule has 0 aliphatic heterocycles. The predicted octanol–water partition coefficient (Wildman–Crippen LogP) is 6.90. The summed E-state index contributed by atoms with van der Waals surface area (Å²) in [5.74, 6) is -0.0662. The number of aromatic nitrogens is 2. The molecule has 1 aromatic heterocycles. The van der Waals surface area contributed by atoms with E-state index in [2.05, 4.69) is 41.0 Å². The van der Waals surface area contributed by atoms with Crippen LogP contribution < -0.4 is 10.5 Å². The topological polar surface area (TPSA) is 90.4 Å². The molecule has 0 radical (unpaired) electrons. The molecular weight excluding hydrogens is 546 g/mol. The van der Waals surface area contributed by atoms with Crippen molar-refractivity contribution in [1.82, 2.24) is 9.55 Å². The molecule has 6 rings (SSSR count). The Kier molecular flexibility index (Phi) is 7.77. The predicted molar refractivity (Wildman–Crippen MR) is 174 cm³/mol. The highest BCUT2D eigenvalue weighted by molar-refractivity contribution is 5.97. The van der Waals surface area contributed by atoms with Gasteiger partial charge in [-0.15, -0.1) is 0 Å². The minimum Gasteiger partial charge on any atom is -0.490 e. The number of benzene rings is 5. The van der Waals surface area contributed by atoms with Crippen molar-refractivity contribution in [3.05, 3.63) is 168 Å². The van der Waals surface area contributed by atoms with Crippen molar-refractivity contribution in [1.29, 1.82) is 0 Å². The molecule has 1 heterocycles. The van der Waals surface area contributed by atoms with Gasteiger partial charge in [0.2, 0.25) is 5.91 Å². The van der Waals surface area contributed by atoms with Gasteiger partial charge in [-0.1, -0.05) is 117 Å². The first-order chi connectivity index (χ1) is 21.3. The van der Waals surface area contributed by atoms with Gasteiger partial charge in [-0.3, -0.25) is 4.79 Å². The Morgan fingerprint density at radius 3 is 1.84 bits per heavy atom. The van der Waals surface area contributed by atoms with Crippen LogP contribution in [0.1, 0.15) is 46.6 Å². The van der Waals surface area contributed by atoms with E-state index in [1.807, 2.05) is 105 Å². The SMILES string of the molecule is CC(C)C(O)(COc1ccc2cc(C(N)=O)ccc2c1)c1cn(C(c2ccccc2)(c2ccccc2)c2ccccc2)cn1. The van der Waals surface area contributed by atoms with Gasteiger partial charge in [-0.25, -0.2) is 4.98 Å². The summed E-state index contributed by atoms with van der Waals surface area (Å²) >= 11 is 0. The average molecular weight is 582 g/mol. The molecule has 5 aromatic carbocycles. The van der Waals surface area contributed by atoms with E-state index < -0.39 is 17.0 Å². The summed E-state index contributed by atoms with van der Waals surface area (Å²) in [4.78, 5) is 16.4. The third-order valence-electron chi connectivity index (χ3n) is 8.50. The number of nitrogens with zero attached hydrogens (tertiary/aromatic N) is 2. The third kappa shape index (κ3) is 5.14. The standard InChI is InChI=1S/C38H35N3O3/c1-27(2)37(43,25-44-34-21-20-28-22-30(36(39)42)19-18-29(28)23-34)35-24-41(26-40-35)38(31-12-6-3-7-13-31,32-14-8-4-9-15-32)33-16-10-5-11-17-33/h3-24,26-27,43H,25H2,1-2H3,(H2,39,42). The van der Waals surface area contributed by atoms with Gasteiger partial charge < -0.3 is 20.1 Å². The van der Waals surface area contributed by atoms with Crippen LogP contribution in [0.3, 0.4) is 0 Å². The lowest BCUT2D eigenvalue weighted by Crippen LogP contribution is -2.40. The van der Waals surface area contributed by atoms with Crippen LogP contribution in [0.25, 0.3) is 10.8 Å². The fourth-order valence-electron chi connectivity index (χ4n) is 5.91. The number of fused-ring (bicyclic) bond motifs is 1. The smallest absolute Gasteiger partial charge is 0.248 e. The Balaban J connectivity index is 1.41. The lowest BCUT2D eigenvalue weighted by atomic mass is 9.76. The van der Waals surface area contributed by atoms with Gasteiger partial charge in [0.15, 0.2) is 0 Å². The van der Waals surface area contributed by atoms with Crippen molar-refractivity contribution in [2.45, 2.75) is 25.0 Å². The maximum Gasteiger partial charge on any atom is 0.248 e. The van der Waals surface area contributed by atoms with Crippen LogP contribution in [-0.4, -0.2) is 27.2 Å². The highest BCUT2D eigenvalue weighted by Gasteiger charge is 2.42. The molecule has 6 nitrogen and oxygen atoms in total. The molecule has 6 heteroatoms. The number of hydrogen-bond acceptors (Lipinski definition) is 4. The molecule has 3 N–H and O–H groups in total. The summed E-state index contributed by atoms with van der Waals surface area (Å²) in [5, 5.41) is 14.0. The number of primary amides is 1. The number of carbonyl (C=O) groups is 1. The van der Waals surface area contributed by atoms with Gasteiger partial charge in [-0.05, 0) is 57.6 Å². The first-order valence-electron chi connectivity index (χ1n) is 14.7. The molecule has 0 saturated heterocycles. The van der Waals surface area contributed by atoms with Crippen LogP contribution in [0.2, 0.25) is 0 Å². The molecule has 44 heavy (non-hydrogen) atoms. The Hall–Kier alpha value is -5.20. The normalized spacial score (nSPS) is 13.1. The summed E-state index contributed by atoms with van der Waals surface area (Å²) in [6.45, 7) is 3.93. The van der Waals surface area contributed by atoms with E-state index in [4.69, 9.17) is 15.5 Å². The van der Waals surface area contributed by atoms with Crippen molar-refractivity contribution in [2.24, 2.45) is 11.7 Å². The zero-order valence-corrected chi connectivity index (χ0v) is 24.8. The number of imidazole rings is 1. The van der Waals surface area contributed by atoms with Gasteiger partial charge in [0.1, 0.15) is 23.5 Å². The fraction of sp³-hybridized carbons (Fsp3) is 0.158. The first kappa shape index (κ1) is 28.9. The minimum atomic E-state index is -1.38. The van der Waals surface area contributed by atoms with Crippen molar-refractivity contribution < 1.29 is 14.6 Å². The molecule has 0 fully saturated rings. The number of carbonyl (C=O) groups excluding carboxylic acids is 1. The van der Waals surface area contributed by atoms with Gasteiger partial charge in [0.25, 0.3) is 0 Å². The van der Waals surface area contributed by atoms with Gasteiger partial charge in [0.05, 0.1) is 12.0 Å². The second-order valence-electron chi connectivity index (χ2n) is 11.4. The highest BCUT2D eigenvalue weighted by Crippen LogP contribution is 2.42. The van der Waals surface area contributed by atoms with Crippen LogP contribution >= 0.6 is 0 Å². The summed E-state index contributed by atoms with van der Waals surface area (Å²) in [6.07, 6.45) is 3.75. The quantitative estimate of drug-likeness (QED) is 0.172. The molecular formula is C38H35N3O3. The summed E-state index contributed by atoms with van der Waals surface area (Å²) in [7, 11) is 0. The van der Waals surface area contributed by atoms with Gasteiger partial charge >= 0.3 is 0 Å². The zero-order chi connectivity index (χ0) is 30.7. The average Bonchev–Trinajstić information content (AvgIpc) is 3.56. The highest BCUT2D eigenvalue weighted by atomic mass is 16.5. The molecule has 0 aliphatic rings. The van der Waals surface area contributed by atoms with Crippen LogP contribution in [-0.2, 0) is 11.1 Å². The van der Waals surface area contributed by atoms with E-state index in [1.165, 1.54) is 0 Å². The summed E-state index contributed by atoms with van der Waals surface area (Å²) < 4.78 is 8.33. The largest absolute Gasteiger partial charge is 0.490 e. The van der Waals surface area contributed by atoms with E-state index in [-0.39, 0.29) is 12.5 Å². The maximum absolute atomic E-state index is 12.2. The van der Waals surface area contributed by atoms with Gasteiger partial charge in [0, 0.05) is 11.8 Å². The molecule has 0 aliphatic carbocycles. The zero-order valence-electron chi connectivity index (χ0n) is 24.8. The Bertz CT molecular complexity index is 1790. The van der Waals surface area contributed by atoms with Crippen LogP contribution in [0.4, 0.5) is 0 Å². The molecule has 6 aromatic rings. The van der Waals surface area contributed by atoms with Crippen molar-refractivity contribution in [3.63, 3.8) is 0 Å². The molecule has 1 amide bonds. The number of rotatable bonds is 10. The van der Waals surface area contributed by atoms with Crippen molar-refractivity contribution in [2.75, 3.05) is 6.61 Å².